The molecule has 0 radical (unpaired) electrons. The van der Waals surface area contributed by atoms with Crippen LogP contribution in [-0.4, -0.2) is 5.33 Å². The average Bonchev–Trinajstić information content (AvgIpc) is 2.58. The van der Waals surface area contributed by atoms with Gasteiger partial charge in [0.05, 0.1) is 0 Å². The van der Waals surface area contributed by atoms with Gasteiger partial charge in [0.15, 0.2) is 0 Å². The summed E-state index contributed by atoms with van der Waals surface area (Å²) in [5.41, 5.74) is 0. The molecule has 9 heavy (non-hydrogen) atoms. The van der Waals surface area contributed by atoms with Crippen molar-refractivity contribution in [1.82, 2.24) is 0 Å². The molecule has 2 rings (SSSR count). The molecule has 0 bridgehead atoms. The van der Waals surface area contributed by atoms with Crippen molar-refractivity contribution >= 4 is 15.9 Å². The van der Waals surface area contributed by atoms with Gasteiger partial charge in [-0.3, -0.25) is 0 Å². The lowest BCUT2D eigenvalue weighted by Crippen LogP contribution is -1.84. The van der Waals surface area contributed by atoms with E-state index in [1.54, 1.807) is 19.3 Å². The van der Waals surface area contributed by atoms with Gasteiger partial charge in [0.25, 0.3) is 0 Å². The molecule has 0 aromatic heterocycles. The molecular formula is C8H13Br. The lowest BCUT2D eigenvalue weighted by atomic mass is 10.2. The van der Waals surface area contributed by atoms with Gasteiger partial charge in [-0.25, -0.2) is 0 Å². The first-order valence-corrected chi connectivity index (χ1v) is 5.10. The smallest absolute Gasteiger partial charge is 0.00340 e. The standard InChI is InChI=1S/C8H13Br/c9-4-3-7-5-8(7)6-1-2-6/h6-8H,1-5H2. The van der Waals surface area contributed by atoms with Crippen LogP contribution in [0, 0.1) is 17.8 Å². The Morgan fingerprint density at radius 1 is 1.33 bits per heavy atom. The van der Waals surface area contributed by atoms with Crippen molar-refractivity contribution in [2.24, 2.45) is 17.8 Å². The van der Waals surface area contributed by atoms with Gasteiger partial charge in [0.2, 0.25) is 0 Å². The summed E-state index contributed by atoms with van der Waals surface area (Å²) >= 11 is 3.49. The Morgan fingerprint density at radius 2 is 2.11 bits per heavy atom. The number of hydrogen-bond acceptors (Lipinski definition) is 0. The second kappa shape index (κ2) is 2.26. The van der Waals surface area contributed by atoms with Crippen LogP contribution in [0.25, 0.3) is 0 Å². The van der Waals surface area contributed by atoms with Gasteiger partial charge in [-0.05, 0) is 43.4 Å². The van der Waals surface area contributed by atoms with Crippen LogP contribution in [0.15, 0.2) is 0 Å². The van der Waals surface area contributed by atoms with Crippen molar-refractivity contribution in [3.8, 4) is 0 Å². The maximum Gasteiger partial charge on any atom is 0.00340 e. The summed E-state index contributed by atoms with van der Waals surface area (Å²) in [6.45, 7) is 0. The second-order valence-electron chi connectivity index (χ2n) is 3.47. The first kappa shape index (κ1) is 6.21. The van der Waals surface area contributed by atoms with Crippen molar-refractivity contribution in [1.29, 1.82) is 0 Å². The van der Waals surface area contributed by atoms with E-state index >= 15 is 0 Å². The lowest BCUT2D eigenvalue weighted by molar-refractivity contribution is 0.620. The monoisotopic (exact) mass is 188 g/mol. The molecular weight excluding hydrogens is 176 g/mol. The molecule has 1 heteroatoms. The third-order valence-electron chi connectivity index (χ3n) is 2.68. The van der Waals surface area contributed by atoms with Crippen LogP contribution in [0.1, 0.15) is 25.7 Å². The lowest BCUT2D eigenvalue weighted by Gasteiger charge is -1.91. The molecule has 0 nitrogen and oxygen atoms in total. The SMILES string of the molecule is BrCCC1CC1C1CC1. The summed E-state index contributed by atoms with van der Waals surface area (Å²) < 4.78 is 0. The molecule has 0 saturated heterocycles. The highest BCUT2D eigenvalue weighted by Crippen LogP contribution is 2.55. The fourth-order valence-corrected chi connectivity index (χ4v) is 2.43. The summed E-state index contributed by atoms with van der Waals surface area (Å²) in [5, 5.41) is 1.22. The van der Waals surface area contributed by atoms with Crippen molar-refractivity contribution in [3.05, 3.63) is 0 Å². The number of hydrogen-bond donors (Lipinski definition) is 0. The van der Waals surface area contributed by atoms with Gasteiger partial charge in [-0.2, -0.15) is 0 Å². The predicted molar refractivity (Wildman–Crippen MR) is 42.7 cm³/mol. The molecule has 0 spiro atoms. The Morgan fingerprint density at radius 3 is 2.67 bits per heavy atom. The van der Waals surface area contributed by atoms with Crippen LogP contribution in [-0.2, 0) is 0 Å². The van der Waals surface area contributed by atoms with Gasteiger partial charge >= 0.3 is 0 Å². The van der Waals surface area contributed by atoms with Crippen LogP contribution in [0.3, 0.4) is 0 Å². The van der Waals surface area contributed by atoms with E-state index in [0.29, 0.717) is 0 Å². The van der Waals surface area contributed by atoms with Crippen molar-refractivity contribution in [2.45, 2.75) is 25.7 Å². The summed E-state index contributed by atoms with van der Waals surface area (Å²) in [4.78, 5) is 0. The second-order valence-corrected chi connectivity index (χ2v) is 4.27. The Kier molecular flexibility index (Phi) is 1.56. The van der Waals surface area contributed by atoms with E-state index in [4.69, 9.17) is 0 Å². The minimum atomic E-state index is 1.12. The van der Waals surface area contributed by atoms with E-state index in [1.807, 2.05) is 0 Å². The highest BCUT2D eigenvalue weighted by molar-refractivity contribution is 9.09. The molecule has 0 aliphatic heterocycles. The highest BCUT2D eigenvalue weighted by atomic mass is 79.9. The summed E-state index contributed by atoms with van der Waals surface area (Å²) in [7, 11) is 0. The maximum absolute atomic E-state index is 3.49. The molecule has 2 unspecified atom stereocenters. The third-order valence-corrected chi connectivity index (χ3v) is 3.14. The number of rotatable bonds is 3. The van der Waals surface area contributed by atoms with Crippen LogP contribution in [0.2, 0.25) is 0 Å². The molecule has 0 aromatic rings. The van der Waals surface area contributed by atoms with E-state index < -0.39 is 0 Å². The zero-order valence-electron chi connectivity index (χ0n) is 5.65. The summed E-state index contributed by atoms with van der Waals surface area (Å²) in [6.07, 6.45) is 6.07. The Bertz CT molecular complexity index is 107. The van der Waals surface area contributed by atoms with Crippen molar-refractivity contribution in [3.63, 3.8) is 0 Å². The van der Waals surface area contributed by atoms with E-state index in [1.165, 1.54) is 23.6 Å². The fraction of sp³-hybridized carbons (Fsp3) is 1.00. The van der Waals surface area contributed by atoms with Crippen LogP contribution >= 0.6 is 15.9 Å². The molecule has 0 amide bonds. The minimum absolute atomic E-state index is 1.12. The third kappa shape index (κ3) is 1.31. The molecule has 2 aliphatic rings. The molecule has 0 heterocycles. The number of alkyl halides is 1. The zero-order valence-corrected chi connectivity index (χ0v) is 7.23. The first-order valence-electron chi connectivity index (χ1n) is 3.98. The van der Waals surface area contributed by atoms with E-state index in [0.717, 1.165) is 5.92 Å². The Hall–Kier alpha value is 0.480. The zero-order chi connectivity index (χ0) is 6.27. The van der Waals surface area contributed by atoms with Gasteiger partial charge in [-0.15, -0.1) is 0 Å². The quantitative estimate of drug-likeness (QED) is 0.599. The molecule has 2 atom stereocenters. The maximum atomic E-state index is 3.49. The largest absolute Gasteiger partial charge is 0.0928 e. The molecule has 2 saturated carbocycles. The van der Waals surface area contributed by atoms with E-state index in [2.05, 4.69) is 15.9 Å². The van der Waals surface area contributed by atoms with Crippen LogP contribution in [0.4, 0.5) is 0 Å². The van der Waals surface area contributed by atoms with Gasteiger partial charge in [0, 0.05) is 5.33 Å². The molecule has 0 N–H and O–H groups in total. The van der Waals surface area contributed by atoms with Gasteiger partial charge in [0.1, 0.15) is 0 Å². The summed E-state index contributed by atoms with van der Waals surface area (Å²) in [6, 6.07) is 0. The topological polar surface area (TPSA) is 0 Å². The van der Waals surface area contributed by atoms with Crippen LogP contribution in [0.5, 0.6) is 0 Å². The fourth-order valence-electron chi connectivity index (χ4n) is 1.84. The van der Waals surface area contributed by atoms with Crippen LogP contribution < -0.4 is 0 Å². The van der Waals surface area contributed by atoms with E-state index in [9.17, 15) is 0 Å². The van der Waals surface area contributed by atoms with Crippen molar-refractivity contribution in [2.75, 3.05) is 5.33 Å². The molecule has 2 aliphatic carbocycles. The van der Waals surface area contributed by atoms with Gasteiger partial charge < -0.3 is 0 Å². The predicted octanol–water partition coefficient (Wildman–Crippen LogP) is 2.82. The molecule has 52 valence electrons. The van der Waals surface area contributed by atoms with Gasteiger partial charge in [-0.1, -0.05) is 15.9 Å². The molecule has 2 fully saturated rings. The Balaban J connectivity index is 1.69. The number of halogens is 1. The highest BCUT2D eigenvalue weighted by Gasteiger charge is 2.46. The Labute approximate surface area is 65.1 Å². The van der Waals surface area contributed by atoms with Crippen molar-refractivity contribution < 1.29 is 0 Å². The first-order chi connectivity index (χ1) is 4.42. The minimum Gasteiger partial charge on any atom is -0.0928 e. The normalized spacial score (nSPS) is 41.0. The average molecular weight is 189 g/mol. The summed E-state index contributed by atoms with van der Waals surface area (Å²) in [5.74, 6) is 3.47. The molecule has 0 aromatic carbocycles. The van der Waals surface area contributed by atoms with E-state index in [-0.39, 0.29) is 0 Å².